The summed E-state index contributed by atoms with van der Waals surface area (Å²) in [5.74, 6) is 1.18. The van der Waals surface area contributed by atoms with Crippen LogP contribution in [-0.4, -0.2) is 48.1 Å². The lowest BCUT2D eigenvalue weighted by atomic mass is 9.98. The number of anilines is 2. The lowest BCUT2D eigenvalue weighted by Gasteiger charge is -2.45. The Hall–Kier alpha value is -3.57. The first-order valence-corrected chi connectivity index (χ1v) is 13.7. The van der Waals surface area contributed by atoms with E-state index in [4.69, 9.17) is 9.47 Å². The highest BCUT2D eigenvalue weighted by Gasteiger charge is 2.39. The van der Waals surface area contributed by atoms with Gasteiger partial charge in [-0.2, -0.15) is 0 Å². The molecule has 0 spiro atoms. The highest BCUT2D eigenvalue weighted by atomic mass is 32.2. The van der Waals surface area contributed by atoms with Gasteiger partial charge in [-0.1, -0.05) is 24.3 Å². The first-order valence-electron chi connectivity index (χ1n) is 12.9. The Kier molecular flexibility index (Phi) is 7.78. The molecule has 3 aromatic rings. The Labute approximate surface area is 235 Å². The molecule has 2 aliphatic rings. The molecule has 1 saturated heterocycles. The maximum Gasteiger partial charge on any atom is 0.573 e. The molecular formula is C29H30F3N3O4S. The average Bonchev–Trinajstić information content (AvgIpc) is 2.89. The number of nitrogens with one attached hydrogen (secondary N) is 1. The molecule has 11 heteroatoms. The number of hydrogen-bond acceptors (Lipinski definition) is 7. The summed E-state index contributed by atoms with van der Waals surface area (Å²) in [5.41, 5.74) is 1.16. The number of halogens is 3. The summed E-state index contributed by atoms with van der Waals surface area (Å²) in [5, 5.41) is 0. The molecule has 0 saturated carbocycles. The van der Waals surface area contributed by atoms with Crippen molar-refractivity contribution < 1.29 is 32.2 Å². The number of hydrogen-bond donors (Lipinski definition) is 1. The van der Waals surface area contributed by atoms with Crippen molar-refractivity contribution in [3.8, 4) is 17.2 Å². The SMILES string of the molecule is CC(C)(C)OC(=O)N1CC(NSc2ccc(OC(F)(F)F)cc2)CC(N2c3ccccc3Oc3ccccc32)C1. The maximum atomic E-state index is 13.2. The molecule has 40 heavy (non-hydrogen) atoms. The van der Waals surface area contributed by atoms with Crippen LogP contribution in [0.25, 0.3) is 0 Å². The third-order valence-corrected chi connectivity index (χ3v) is 7.27. The molecule has 3 aromatic carbocycles. The van der Waals surface area contributed by atoms with Gasteiger partial charge in [-0.15, -0.1) is 13.2 Å². The van der Waals surface area contributed by atoms with Crippen LogP contribution in [-0.2, 0) is 4.74 Å². The summed E-state index contributed by atoms with van der Waals surface area (Å²) < 4.78 is 56.8. The van der Waals surface area contributed by atoms with Gasteiger partial charge in [-0.25, -0.2) is 4.79 Å². The Morgan fingerprint density at radius 3 is 2.10 bits per heavy atom. The van der Waals surface area contributed by atoms with Crippen molar-refractivity contribution in [3.05, 3.63) is 72.8 Å². The zero-order chi connectivity index (χ0) is 28.5. The van der Waals surface area contributed by atoms with E-state index in [9.17, 15) is 18.0 Å². The minimum Gasteiger partial charge on any atom is -0.453 e. The van der Waals surface area contributed by atoms with E-state index < -0.39 is 18.1 Å². The van der Waals surface area contributed by atoms with Crippen LogP contribution in [0.1, 0.15) is 27.2 Å². The van der Waals surface area contributed by atoms with Crippen LogP contribution in [0.4, 0.5) is 29.3 Å². The van der Waals surface area contributed by atoms with E-state index in [0.717, 1.165) is 22.9 Å². The van der Waals surface area contributed by atoms with Gasteiger partial charge in [0.2, 0.25) is 0 Å². The first-order chi connectivity index (χ1) is 18.9. The fourth-order valence-electron chi connectivity index (χ4n) is 4.81. The van der Waals surface area contributed by atoms with Crippen molar-refractivity contribution in [1.82, 2.24) is 9.62 Å². The number of rotatable bonds is 5. The van der Waals surface area contributed by atoms with Gasteiger partial charge in [0, 0.05) is 24.0 Å². The van der Waals surface area contributed by atoms with Gasteiger partial charge in [0.15, 0.2) is 11.5 Å². The summed E-state index contributed by atoms with van der Waals surface area (Å²) in [6, 6.07) is 21.0. The Balaban J connectivity index is 1.39. The van der Waals surface area contributed by atoms with E-state index in [-0.39, 0.29) is 17.8 Å². The molecule has 2 aliphatic heterocycles. The Morgan fingerprint density at radius 1 is 0.925 bits per heavy atom. The fourth-order valence-corrected chi connectivity index (χ4v) is 5.55. The summed E-state index contributed by atoms with van der Waals surface area (Å²) in [7, 11) is 0. The normalized spacial score (nSPS) is 18.9. The average molecular weight is 574 g/mol. The van der Waals surface area contributed by atoms with E-state index in [2.05, 4.69) is 14.4 Å². The third-order valence-electron chi connectivity index (χ3n) is 6.32. The summed E-state index contributed by atoms with van der Waals surface area (Å²) >= 11 is 1.29. The van der Waals surface area contributed by atoms with Crippen molar-refractivity contribution in [2.75, 3.05) is 18.0 Å². The molecule has 212 valence electrons. The molecule has 0 bridgehead atoms. The predicted molar refractivity (Wildman–Crippen MR) is 147 cm³/mol. The highest BCUT2D eigenvalue weighted by molar-refractivity contribution is 7.97. The minimum absolute atomic E-state index is 0.117. The van der Waals surface area contributed by atoms with Crippen molar-refractivity contribution in [2.45, 2.75) is 56.1 Å². The van der Waals surface area contributed by atoms with Gasteiger partial charge in [0.05, 0.1) is 17.4 Å². The molecule has 0 aliphatic carbocycles. The predicted octanol–water partition coefficient (Wildman–Crippen LogP) is 7.50. The van der Waals surface area contributed by atoms with E-state index in [1.165, 1.54) is 24.1 Å². The van der Waals surface area contributed by atoms with Gasteiger partial charge < -0.3 is 24.0 Å². The van der Waals surface area contributed by atoms with Gasteiger partial charge >= 0.3 is 12.5 Å². The third kappa shape index (κ3) is 6.76. The number of amides is 1. The van der Waals surface area contributed by atoms with Gasteiger partial charge in [-0.05, 0) is 87.7 Å². The topological polar surface area (TPSA) is 63.3 Å². The fraction of sp³-hybridized carbons (Fsp3) is 0.345. The highest BCUT2D eigenvalue weighted by Crippen LogP contribution is 2.48. The molecular weight excluding hydrogens is 543 g/mol. The quantitative estimate of drug-likeness (QED) is 0.317. The summed E-state index contributed by atoms with van der Waals surface area (Å²) in [4.78, 5) is 17.9. The number of fused-ring (bicyclic) bond motifs is 2. The van der Waals surface area contributed by atoms with Gasteiger partial charge in [-0.3, -0.25) is 4.72 Å². The number of benzene rings is 3. The molecule has 1 fully saturated rings. The van der Waals surface area contributed by atoms with Crippen LogP contribution in [0.5, 0.6) is 17.2 Å². The Bertz CT molecular complexity index is 1300. The van der Waals surface area contributed by atoms with Gasteiger partial charge in [0.1, 0.15) is 11.4 Å². The number of carbonyl (C=O) groups is 1. The smallest absolute Gasteiger partial charge is 0.453 e. The largest absolute Gasteiger partial charge is 0.573 e. The van der Waals surface area contributed by atoms with E-state index in [0.29, 0.717) is 24.4 Å². The monoisotopic (exact) mass is 573 g/mol. The Morgan fingerprint density at radius 2 is 1.52 bits per heavy atom. The van der Waals surface area contributed by atoms with Crippen molar-refractivity contribution >= 4 is 29.4 Å². The van der Waals surface area contributed by atoms with Crippen molar-refractivity contribution in [1.29, 1.82) is 0 Å². The van der Waals surface area contributed by atoms with Crippen LogP contribution >= 0.6 is 11.9 Å². The summed E-state index contributed by atoms with van der Waals surface area (Å²) in [6.45, 7) is 6.33. The number of para-hydroxylation sites is 4. The van der Waals surface area contributed by atoms with Crippen LogP contribution in [0.3, 0.4) is 0 Å². The number of nitrogens with zero attached hydrogens (tertiary/aromatic N) is 2. The molecule has 1 amide bonds. The van der Waals surface area contributed by atoms with Crippen LogP contribution < -0.4 is 19.1 Å². The molecule has 2 unspecified atom stereocenters. The molecule has 5 rings (SSSR count). The van der Waals surface area contributed by atoms with E-state index in [1.807, 2.05) is 69.3 Å². The molecule has 2 atom stereocenters. The second-order valence-electron chi connectivity index (χ2n) is 10.6. The second kappa shape index (κ2) is 11.1. The van der Waals surface area contributed by atoms with Crippen LogP contribution in [0, 0.1) is 0 Å². The lowest BCUT2D eigenvalue weighted by Crippen LogP contribution is -2.57. The molecule has 7 nitrogen and oxygen atoms in total. The molecule has 1 N–H and O–H groups in total. The van der Waals surface area contributed by atoms with E-state index >= 15 is 0 Å². The number of carbonyl (C=O) groups excluding carboxylic acids is 1. The zero-order valence-electron chi connectivity index (χ0n) is 22.3. The number of ether oxygens (including phenoxy) is 3. The second-order valence-corrected chi connectivity index (χ2v) is 11.5. The minimum atomic E-state index is -4.74. The van der Waals surface area contributed by atoms with Crippen LogP contribution in [0.15, 0.2) is 77.7 Å². The van der Waals surface area contributed by atoms with Crippen molar-refractivity contribution in [3.63, 3.8) is 0 Å². The molecule has 0 aromatic heterocycles. The van der Waals surface area contributed by atoms with E-state index in [1.54, 1.807) is 17.0 Å². The molecule has 0 radical (unpaired) electrons. The number of likely N-dealkylation sites (tertiary alicyclic amines) is 1. The van der Waals surface area contributed by atoms with Crippen LogP contribution in [0.2, 0.25) is 0 Å². The zero-order valence-corrected chi connectivity index (χ0v) is 23.1. The number of alkyl halides is 3. The maximum absolute atomic E-state index is 13.2. The standard InChI is InChI=1S/C29H30F3N3O4S/c1-28(2,3)39-27(36)34-17-19(33-40-22-14-12-21(13-15-22)38-29(30,31)32)16-20(18-34)35-23-8-4-6-10-25(23)37-26-11-7-5-9-24(26)35/h4-15,19-20,33H,16-18H2,1-3H3. The first kappa shape index (κ1) is 28.0. The number of piperidine rings is 1. The molecule has 2 heterocycles. The van der Waals surface area contributed by atoms with Gasteiger partial charge in [0.25, 0.3) is 0 Å². The summed E-state index contributed by atoms with van der Waals surface area (Å²) in [6.07, 6.45) is -4.46. The van der Waals surface area contributed by atoms with Crippen molar-refractivity contribution in [2.24, 2.45) is 0 Å². The lowest BCUT2D eigenvalue weighted by molar-refractivity contribution is -0.274.